The molecule has 0 saturated carbocycles. The minimum atomic E-state index is -5.08. The van der Waals surface area contributed by atoms with Crippen LogP contribution in [0.5, 0.6) is 0 Å². The number of benzene rings is 3. The van der Waals surface area contributed by atoms with Crippen LogP contribution in [-0.4, -0.2) is 71.4 Å². The molecular formula is C29H29F6N5O2. The summed E-state index contributed by atoms with van der Waals surface area (Å²) in [5.74, 6) is -2.21. The van der Waals surface area contributed by atoms with Crippen molar-refractivity contribution in [1.82, 2.24) is 25.5 Å². The number of piperazine rings is 1. The van der Waals surface area contributed by atoms with E-state index in [1.54, 1.807) is 0 Å². The summed E-state index contributed by atoms with van der Waals surface area (Å²) in [4.78, 5) is 18.8. The van der Waals surface area contributed by atoms with Crippen molar-refractivity contribution in [2.24, 2.45) is 0 Å². The third-order valence-corrected chi connectivity index (χ3v) is 6.64. The van der Waals surface area contributed by atoms with Gasteiger partial charge in [-0.3, -0.25) is 4.90 Å². The Hall–Kier alpha value is -3.94. The van der Waals surface area contributed by atoms with Gasteiger partial charge in [0.25, 0.3) is 0 Å². The van der Waals surface area contributed by atoms with E-state index in [0.717, 1.165) is 74.6 Å². The summed E-state index contributed by atoms with van der Waals surface area (Å²) in [6.07, 6.45) is -9.46. The molecule has 3 aromatic carbocycles. The Morgan fingerprint density at radius 3 is 2.02 bits per heavy atom. The predicted octanol–water partition coefficient (Wildman–Crippen LogP) is 5.54. The number of carboxylic acid groups (broad SMARTS) is 1. The summed E-state index contributed by atoms with van der Waals surface area (Å²) in [6, 6.07) is 19.9. The second-order valence-corrected chi connectivity index (χ2v) is 9.66. The van der Waals surface area contributed by atoms with Gasteiger partial charge in [0.15, 0.2) is 0 Å². The van der Waals surface area contributed by atoms with Gasteiger partial charge in [0, 0.05) is 51.4 Å². The van der Waals surface area contributed by atoms with Crippen LogP contribution >= 0.6 is 0 Å². The number of hydrogen-bond acceptors (Lipinski definition) is 5. The Balaban J connectivity index is 0.000000517. The van der Waals surface area contributed by atoms with Crippen LogP contribution in [0.1, 0.15) is 11.1 Å². The highest BCUT2D eigenvalue weighted by molar-refractivity contribution is 5.80. The lowest BCUT2D eigenvalue weighted by Gasteiger charge is -2.27. The summed E-state index contributed by atoms with van der Waals surface area (Å²) in [7, 11) is 0. The third-order valence-electron chi connectivity index (χ3n) is 6.64. The zero-order chi connectivity index (χ0) is 30.3. The van der Waals surface area contributed by atoms with Crippen molar-refractivity contribution in [3.05, 3.63) is 77.9 Å². The van der Waals surface area contributed by atoms with Gasteiger partial charge < -0.3 is 20.7 Å². The van der Waals surface area contributed by atoms with E-state index in [9.17, 15) is 26.3 Å². The second-order valence-electron chi connectivity index (χ2n) is 9.66. The fourth-order valence-electron chi connectivity index (χ4n) is 4.36. The highest BCUT2D eigenvalue weighted by Gasteiger charge is 2.38. The van der Waals surface area contributed by atoms with E-state index in [0.29, 0.717) is 16.9 Å². The van der Waals surface area contributed by atoms with Gasteiger partial charge in [-0.1, -0.05) is 48.5 Å². The zero-order valence-corrected chi connectivity index (χ0v) is 22.3. The molecule has 0 atom stereocenters. The number of alkyl halides is 6. The van der Waals surface area contributed by atoms with E-state index in [2.05, 4.69) is 49.8 Å². The number of hydrogen-bond donors (Lipinski definition) is 4. The topological polar surface area (TPSA) is 93.3 Å². The van der Waals surface area contributed by atoms with Crippen LogP contribution in [-0.2, 0) is 17.5 Å². The number of H-pyrrole nitrogens is 1. The molecule has 0 unspecified atom stereocenters. The maximum atomic E-state index is 13.0. The molecule has 1 aromatic heterocycles. The summed E-state index contributed by atoms with van der Waals surface area (Å²) in [6.45, 7) is 7.26. The number of aromatic amines is 1. The highest BCUT2D eigenvalue weighted by Crippen LogP contribution is 2.32. The van der Waals surface area contributed by atoms with Gasteiger partial charge in [-0.2, -0.15) is 26.3 Å². The van der Waals surface area contributed by atoms with Crippen molar-refractivity contribution >= 4 is 17.0 Å². The number of aromatic nitrogens is 2. The summed E-state index contributed by atoms with van der Waals surface area (Å²) in [5.41, 5.74) is 4.44. The molecule has 0 amide bonds. The van der Waals surface area contributed by atoms with E-state index in [1.165, 1.54) is 11.6 Å². The number of nitrogens with zero attached hydrogens (tertiary/aromatic N) is 2. The number of halogens is 6. The first-order valence-electron chi connectivity index (χ1n) is 13.1. The molecule has 13 heteroatoms. The van der Waals surface area contributed by atoms with E-state index < -0.39 is 23.9 Å². The van der Waals surface area contributed by atoms with Gasteiger partial charge in [-0.05, 0) is 34.9 Å². The molecule has 42 heavy (non-hydrogen) atoms. The molecule has 2 heterocycles. The van der Waals surface area contributed by atoms with Crippen LogP contribution < -0.4 is 10.6 Å². The van der Waals surface area contributed by atoms with Crippen LogP contribution in [0.25, 0.3) is 33.5 Å². The van der Waals surface area contributed by atoms with Gasteiger partial charge in [-0.25, -0.2) is 9.78 Å². The van der Waals surface area contributed by atoms with Crippen LogP contribution in [0.2, 0.25) is 0 Å². The molecule has 224 valence electrons. The maximum Gasteiger partial charge on any atom is 0.490 e. The Morgan fingerprint density at radius 1 is 0.881 bits per heavy atom. The lowest BCUT2D eigenvalue weighted by atomic mass is 10.0. The van der Waals surface area contributed by atoms with E-state index in [1.807, 2.05) is 24.3 Å². The first-order chi connectivity index (χ1) is 19.9. The molecule has 4 N–H and O–H groups in total. The average molecular weight is 594 g/mol. The minimum absolute atomic E-state index is 0.371. The van der Waals surface area contributed by atoms with Crippen molar-refractivity contribution in [3.8, 4) is 22.5 Å². The third kappa shape index (κ3) is 8.54. The van der Waals surface area contributed by atoms with E-state index in [4.69, 9.17) is 9.90 Å². The van der Waals surface area contributed by atoms with Gasteiger partial charge in [0.1, 0.15) is 5.82 Å². The van der Waals surface area contributed by atoms with Gasteiger partial charge in [0.2, 0.25) is 0 Å². The van der Waals surface area contributed by atoms with Crippen LogP contribution in [0.15, 0.2) is 66.7 Å². The Labute approximate surface area is 237 Å². The molecular weight excluding hydrogens is 564 g/mol. The summed E-state index contributed by atoms with van der Waals surface area (Å²) >= 11 is 0. The number of rotatable bonds is 7. The molecule has 5 rings (SSSR count). The molecule has 0 radical (unpaired) electrons. The molecule has 0 bridgehead atoms. The number of fused-ring (bicyclic) bond motifs is 1. The molecule has 4 aromatic rings. The molecule has 0 spiro atoms. The predicted molar refractivity (Wildman–Crippen MR) is 147 cm³/mol. The Bertz CT molecular complexity index is 1460. The number of carbonyl (C=O) groups is 1. The molecule has 1 saturated heterocycles. The first kappa shape index (κ1) is 31.0. The molecule has 1 aliphatic rings. The lowest BCUT2D eigenvalue weighted by Crippen LogP contribution is -2.45. The molecule has 1 fully saturated rings. The summed E-state index contributed by atoms with van der Waals surface area (Å²) < 4.78 is 70.7. The first-order valence-corrected chi connectivity index (χ1v) is 13.1. The second kappa shape index (κ2) is 13.4. The molecule has 7 nitrogen and oxygen atoms in total. The smallest absolute Gasteiger partial charge is 0.475 e. The Morgan fingerprint density at radius 2 is 1.45 bits per heavy atom. The lowest BCUT2D eigenvalue weighted by molar-refractivity contribution is -0.192. The van der Waals surface area contributed by atoms with Crippen LogP contribution in [0, 0.1) is 0 Å². The van der Waals surface area contributed by atoms with Crippen molar-refractivity contribution in [3.63, 3.8) is 0 Å². The normalized spacial score (nSPS) is 14.4. The van der Waals surface area contributed by atoms with Gasteiger partial charge in [-0.15, -0.1) is 0 Å². The standard InChI is InChI=1S/C27H28F3N5.C2HF3O2/c28-27(29,30)23-9-10-24-25(17-23)34-26(33-24)22-7-5-21(6-8-22)20-3-1-19(2-4-20)18-32-13-16-35-14-11-31-12-15-35;3-2(4,5)1(6)7/h1-10,17,31-32H,11-16,18H2,(H,33,34);(H,6,7). The van der Waals surface area contributed by atoms with Crippen LogP contribution in [0.3, 0.4) is 0 Å². The fourth-order valence-corrected chi connectivity index (χ4v) is 4.36. The minimum Gasteiger partial charge on any atom is -0.475 e. The molecule has 1 aliphatic heterocycles. The number of nitrogens with one attached hydrogen (secondary N) is 3. The molecule has 0 aliphatic carbocycles. The average Bonchev–Trinajstić information content (AvgIpc) is 3.39. The zero-order valence-electron chi connectivity index (χ0n) is 22.3. The maximum absolute atomic E-state index is 13.0. The monoisotopic (exact) mass is 593 g/mol. The highest BCUT2D eigenvalue weighted by atomic mass is 19.4. The number of carboxylic acids is 1. The number of aliphatic carboxylic acids is 1. The van der Waals surface area contributed by atoms with Crippen molar-refractivity contribution in [2.45, 2.75) is 18.9 Å². The van der Waals surface area contributed by atoms with Gasteiger partial charge in [0.05, 0.1) is 16.6 Å². The largest absolute Gasteiger partial charge is 0.490 e. The van der Waals surface area contributed by atoms with E-state index in [-0.39, 0.29) is 0 Å². The van der Waals surface area contributed by atoms with Crippen molar-refractivity contribution < 1.29 is 36.2 Å². The summed E-state index contributed by atoms with van der Waals surface area (Å²) in [5, 5.41) is 14.0. The Kier molecular flexibility index (Phi) is 9.86. The fraction of sp³-hybridized carbons (Fsp3) is 0.310. The quantitative estimate of drug-likeness (QED) is 0.166. The van der Waals surface area contributed by atoms with Gasteiger partial charge >= 0.3 is 18.3 Å². The van der Waals surface area contributed by atoms with Crippen molar-refractivity contribution in [2.75, 3.05) is 39.3 Å². The van der Waals surface area contributed by atoms with Crippen molar-refractivity contribution in [1.29, 1.82) is 0 Å². The van der Waals surface area contributed by atoms with Crippen LogP contribution in [0.4, 0.5) is 26.3 Å². The SMILES string of the molecule is FC(F)(F)c1ccc2nc(-c3ccc(-c4ccc(CNCCN5CCNCC5)cc4)cc3)[nH]c2c1.O=C(O)C(F)(F)F. The van der Waals surface area contributed by atoms with E-state index >= 15 is 0 Å². The number of imidazole rings is 1.